The van der Waals surface area contributed by atoms with Gasteiger partial charge in [0.1, 0.15) is 12.3 Å². The van der Waals surface area contributed by atoms with Crippen molar-refractivity contribution in [3.8, 4) is 0 Å². The van der Waals surface area contributed by atoms with E-state index in [2.05, 4.69) is 0 Å². The molecule has 10 nitrogen and oxygen atoms in total. The summed E-state index contributed by atoms with van der Waals surface area (Å²) in [5.41, 5.74) is 10.2. The second kappa shape index (κ2) is 5.25. The minimum absolute atomic E-state index is 0.00866. The largest absolute Gasteiger partial charge is 0.413 e. The number of aromatic nitrogens is 1. The first kappa shape index (κ1) is 13.6. The lowest BCUT2D eigenvalue weighted by Gasteiger charge is -2.21. The average molecular weight is 257 g/mol. The predicted molar refractivity (Wildman–Crippen MR) is 64.1 cm³/mol. The number of amides is 4. The second-order valence-electron chi connectivity index (χ2n) is 3.18. The lowest BCUT2D eigenvalue weighted by molar-refractivity contribution is 0.125. The van der Waals surface area contributed by atoms with Gasteiger partial charge in [0, 0.05) is 6.20 Å². The van der Waals surface area contributed by atoms with Crippen molar-refractivity contribution in [1.82, 2.24) is 4.73 Å². The first-order valence-corrected chi connectivity index (χ1v) is 4.93. The van der Waals surface area contributed by atoms with Crippen LogP contribution >= 0.6 is 0 Å². The fourth-order valence-corrected chi connectivity index (χ4v) is 1.28. The fourth-order valence-electron chi connectivity index (χ4n) is 1.28. The normalized spacial score (nSPS) is 9.94. The van der Waals surface area contributed by atoms with E-state index >= 15 is 0 Å². The van der Waals surface area contributed by atoms with Crippen LogP contribution in [-0.2, 0) is 0 Å². The molecule has 0 unspecified atom stereocenters. The minimum Gasteiger partial charge on any atom is -0.413 e. The molecule has 0 aliphatic heterocycles. The maximum atomic E-state index is 11.1. The summed E-state index contributed by atoms with van der Waals surface area (Å²) in [6.07, 6.45) is 1.42. The van der Waals surface area contributed by atoms with Crippen molar-refractivity contribution in [2.75, 3.05) is 16.6 Å². The van der Waals surface area contributed by atoms with Gasteiger partial charge in [-0.15, -0.1) is 0 Å². The van der Waals surface area contributed by atoms with E-state index in [4.69, 9.17) is 28.0 Å². The summed E-state index contributed by atoms with van der Waals surface area (Å²) in [5, 5.41) is 1.21. The molecule has 1 aromatic rings. The summed E-state index contributed by atoms with van der Waals surface area (Å²) >= 11 is 0. The summed E-state index contributed by atoms with van der Waals surface area (Å²) in [4.78, 5) is 27.3. The monoisotopic (exact) mass is 257 g/mol. The third-order valence-corrected chi connectivity index (χ3v) is 2.04. The molecule has 0 aliphatic carbocycles. The summed E-state index contributed by atoms with van der Waals surface area (Å²) in [5.74, 6) is 10.9. The van der Waals surface area contributed by atoms with Crippen LogP contribution in [0.15, 0.2) is 12.3 Å². The van der Waals surface area contributed by atoms with Crippen molar-refractivity contribution >= 4 is 23.6 Å². The van der Waals surface area contributed by atoms with E-state index in [1.54, 1.807) is 6.92 Å². The summed E-state index contributed by atoms with van der Waals surface area (Å²) < 4.78 is 1.16. The van der Waals surface area contributed by atoms with E-state index in [-0.39, 0.29) is 11.5 Å². The minimum atomic E-state index is -0.950. The van der Waals surface area contributed by atoms with E-state index < -0.39 is 12.1 Å². The molecule has 1 rings (SSSR count). The number of carbonyl (C=O) groups excluding carboxylic acids is 2. The van der Waals surface area contributed by atoms with Crippen molar-refractivity contribution < 1.29 is 14.4 Å². The Morgan fingerprint density at radius 1 is 1.28 bits per heavy atom. The van der Waals surface area contributed by atoms with Gasteiger partial charge in [-0.3, -0.25) is 0 Å². The maximum absolute atomic E-state index is 11.1. The van der Waals surface area contributed by atoms with E-state index in [0.29, 0.717) is 16.6 Å². The molecule has 100 valence electrons. The highest BCUT2D eigenvalue weighted by atomic mass is 16.7. The number of anilines is 2. The van der Waals surface area contributed by atoms with Crippen LogP contribution in [0.5, 0.6) is 0 Å². The summed E-state index contributed by atoms with van der Waals surface area (Å²) in [6, 6.07) is -0.476. The predicted octanol–water partition coefficient (Wildman–Crippen LogP) is -1.55. The molecule has 0 spiro atoms. The molecule has 0 saturated carbocycles. The Bertz CT molecular complexity index is 458. The smallest absolute Gasteiger partial charge is 0.335 e. The quantitative estimate of drug-likeness (QED) is 0.291. The first-order valence-electron chi connectivity index (χ1n) is 4.93. The molecular formula is C8H15N7O3. The summed E-state index contributed by atoms with van der Waals surface area (Å²) in [6.45, 7) is 2.03. The zero-order valence-corrected chi connectivity index (χ0v) is 9.74. The van der Waals surface area contributed by atoms with Gasteiger partial charge in [0.05, 0.1) is 0 Å². The van der Waals surface area contributed by atoms with E-state index in [1.807, 2.05) is 0 Å². The lowest BCUT2D eigenvalue weighted by atomic mass is 10.4. The van der Waals surface area contributed by atoms with Crippen LogP contribution in [0.4, 0.5) is 21.1 Å². The Kier molecular flexibility index (Phi) is 3.97. The number of hydrogen-bond acceptors (Lipinski definition) is 5. The van der Waals surface area contributed by atoms with Gasteiger partial charge >= 0.3 is 12.1 Å². The number of nitrogens with two attached hydrogens (primary N) is 4. The number of primary amides is 2. The number of rotatable bonds is 4. The van der Waals surface area contributed by atoms with Gasteiger partial charge < -0.3 is 16.3 Å². The van der Waals surface area contributed by atoms with Gasteiger partial charge in [0.25, 0.3) is 0 Å². The van der Waals surface area contributed by atoms with Crippen LogP contribution in [0.3, 0.4) is 0 Å². The Morgan fingerprint density at radius 2 is 1.83 bits per heavy atom. The molecule has 8 N–H and O–H groups in total. The number of carbonyl (C=O) groups is 2. The van der Waals surface area contributed by atoms with Gasteiger partial charge in [-0.1, -0.05) is 0 Å². The molecule has 1 heterocycles. The zero-order chi connectivity index (χ0) is 13.9. The summed E-state index contributed by atoms with van der Waals surface area (Å²) in [7, 11) is 0. The van der Waals surface area contributed by atoms with Gasteiger partial charge in [0.2, 0.25) is 0 Å². The molecule has 1 aromatic heterocycles. The topological polar surface area (TPSA) is 159 Å². The zero-order valence-electron chi connectivity index (χ0n) is 9.74. The van der Waals surface area contributed by atoms with Gasteiger partial charge in [-0.2, -0.15) is 4.73 Å². The lowest BCUT2D eigenvalue weighted by Crippen LogP contribution is -2.46. The van der Waals surface area contributed by atoms with Crippen LogP contribution in [0, 0.1) is 0 Å². The first-order chi connectivity index (χ1) is 8.40. The molecule has 4 amide bonds. The molecule has 0 bridgehead atoms. The van der Waals surface area contributed by atoms with Crippen molar-refractivity contribution in [3.05, 3.63) is 12.3 Å². The van der Waals surface area contributed by atoms with Crippen LogP contribution in [0.2, 0.25) is 0 Å². The molecule has 0 fully saturated rings. The number of urea groups is 2. The van der Waals surface area contributed by atoms with Gasteiger partial charge in [0.15, 0.2) is 5.82 Å². The number of nitrogens with zero attached hydrogens (tertiary/aromatic N) is 3. The SMILES string of the molecule is CCOn1ccc(N(N)C(N)=O)c1N(N)C(N)=O. The van der Waals surface area contributed by atoms with Crippen LogP contribution in [0.1, 0.15) is 6.92 Å². The standard InChI is InChI=1S/C8H15N7O3/c1-2-18-13-4-3-5(14(11)7(9)16)6(13)15(12)8(10)17/h3-4H,2,11-12H2,1H3,(H2,9,16)(H2,10,17). The Balaban J connectivity index is 3.26. The third-order valence-electron chi connectivity index (χ3n) is 2.04. The van der Waals surface area contributed by atoms with Crippen molar-refractivity contribution in [1.29, 1.82) is 0 Å². The molecule has 0 radical (unpaired) electrons. The van der Waals surface area contributed by atoms with Crippen molar-refractivity contribution in [2.45, 2.75) is 6.92 Å². The Hall–Kier alpha value is -2.46. The third kappa shape index (κ3) is 2.44. The Morgan fingerprint density at radius 3 is 2.28 bits per heavy atom. The molecule has 0 saturated heterocycles. The maximum Gasteiger partial charge on any atom is 0.335 e. The Labute approximate surface area is 103 Å². The molecule has 0 atom stereocenters. The average Bonchev–Trinajstić information content (AvgIpc) is 2.70. The molecule has 0 aromatic carbocycles. The number of hydrazine groups is 2. The van der Waals surface area contributed by atoms with Crippen LogP contribution in [0.25, 0.3) is 0 Å². The van der Waals surface area contributed by atoms with E-state index in [0.717, 1.165) is 4.73 Å². The van der Waals surface area contributed by atoms with Gasteiger partial charge in [-0.05, 0) is 13.0 Å². The second-order valence-corrected chi connectivity index (χ2v) is 3.18. The highest BCUT2D eigenvalue weighted by molar-refractivity contribution is 5.98. The highest BCUT2D eigenvalue weighted by Gasteiger charge is 2.23. The van der Waals surface area contributed by atoms with Crippen molar-refractivity contribution in [3.63, 3.8) is 0 Å². The highest BCUT2D eigenvalue weighted by Crippen LogP contribution is 2.27. The molecular weight excluding hydrogens is 242 g/mol. The van der Waals surface area contributed by atoms with E-state index in [9.17, 15) is 9.59 Å². The van der Waals surface area contributed by atoms with E-state index in [1.165, 1.54) is 12.3 Å². The van der Waals surface area contributed by atoms with Gasteiger partial charge in [-0.25, -0.2) is 31.3 Å². The van der Waals surface area contributed by atoms with Crippen LogP contribution < -0.4 is 38.0 Å². The number of hydrogen-bond donors (Lipinski definition) is 4. The molecule has 0 aliphatic rings. The van der Waals surface area contributed by atoms with Crippen LogP contribution in [-0.4, -0.2) is 23.4 Å². The fraction of sp³-hybridized carbons (Fsp3) is 0.250. The molecule has 18 heavy (non-hydrogen) atoms. The molecule has 10 heteroatoms. The van der Waals surface area contributed by atoms with Crippen molar-refractivity contribution in [2.24, 2.45) is 23.2 Å².